The number of ketones is 1. The SMILES string of the molecule is CCC(CC)(C(=O)c1sccc1C)N1CCCC1. The molecule has 18 heavy (non-hydrogen) atoms. The highest BCUT2D eigenvalue weighted by Gasteiger charge is 2.42. The lowest BCUT2D eigenvalue weighted by Gasteiger charge is -2.39. The van der Waals surface area contributed by atoms with E-state index in [4.69, 9.17) is 0 Å². The molecule has 2 heterocycles. The van der Waals surface area contributed by atoms with Crippen molar-refractivity contribution in [2.75, 3.05) is 13.1 Å². The van der Waals surface area contributed by atoms with Crippen LogP contribution in [0.25, 0.3) is 0 Å². The minimum Gasteiger partial charge on any atom is -0.291 e. The predicted octanol–water partition coefficient (Wildman–Crippen LogP) is 3.89. The van der Waals surface area contributed by atoms with Gasteiger partial charge in [-0.1, -0.05) is 13.8 Å². The summed E-state index contributed by atoms with van der Waals surface area (Å²) in [5, 5.41) is 2.03. The number of aryl methyl sites for hydroxylation is 1. The molecule has 2 nitrogen and oxygen atoms in total. The molecule has 0 saturated carbocycles. The Morgan fingerprint density at radius 2 is 1.94 bits per heavy atom. The largest absolute Gasteiger partial charge is 0.291 e. The van der Waals surface area contributed by atoms with Crippen molar-refractivity contribution in [3.05, 3.63) is 21.9 Å². The lowest BCUT2D eigenvalue weighted by atomic mass is 9.84. The summed E-state index contributed by atoms with van der Waals surface area (Å²) in [6.07, 6.45) is 4.30. The molecular formula is C15H23NOS. The lowest BCUT2D eigenvalue weighted by Crippen LogP contribution is -2.52. The van der Waals surface area contributed by atoms with Gasteiger partial charge in [0.1, 0.15) is 0 Å². The first-order valence-electron chi connectivity index (χ1n) is 6.99. The highest BCUT2D eigenvalue weighted by Crippen LogP contribution is 2.34. The Kier molecular flexibility index (Phi) is 4.23. The molecule has 0 bridgehead atoms. The smallest absolute Gasteiger partial charge is 0.193 e. The van der Waals surface area contributed by atoms with Gasteiger partial charge in [0.2, 0.25) is 0 Å². The first-order valence-corrected chi connectivity index (χ1v) is 7.87. The zero-order chi connectivity index (χ0) is 13.2. The summed E-state index contributed by atoms with van der Waals surface area (Å²) in [5.41, 5.74) is 0.877. The number of carbonyl (C=O) groups is 1. The summed E-state index contributed by atoms with van der Waals surface area (Å²) in [4.78, 5) is 16.4. The van der Waals surface area contributed by atoms with Crippen LogP contribution in [0.15, 0.2) is 11.4 Å². The van der Waals surface area contributed by atoms with Crippen LogP contribution in [0.1, 0.15) is 54.8 Å². The number of Topliss-reactive ketones (excluding diaryl/α,β-unsaturated/α-hetero) is 1. The van der Waals surface area contributed by atoms with Crippen molar-refractivity contribution in [2.45, 2.75) is 52.0 Å². The molecule has 0 amide bonds. The molecular weight excluding hydrogens is 242 g/mol. The second kappa shape index (κ2) is 5.54. The van der Waals surface area contributed by atoms with Gasteiger partial charge in [0, 0.05) is 0 Å². The highest BCUT2D eigenvalue weighted by molar-refractivity contribution is 7.12. The minimum atomic E-state index is -0.258. The van der Waals surface area contributed by atoms with E-state index in [1.54, 1.807) is 11.3 Å². The maximum Gasteiger partial charge on any atom is 0.193 e. The summed E-state index contributed by atoms with van der Waals surface area (Å²) < 4.78 is 0. The summed E-state index contributed by atoms with van der Waals surface area (Å²) in [6, 6.07) is 2.05. The molecule has 2 rings (SSSR count). The van der Waals surface area contributed by atoms with Gasteiger partial charge < -0.3 is 0 Å². The van der Waals surface area contributed by atoms with Crippen LogP contribution in [-0.4, -0.2) is 29.3 Å². The first-order chi connectivity index (χ1) is 8.65. The van der Waals surface area contributed by atoms with Gasteiger partial charge in [0.15, 0.2) is 5.78 Å². The quantitative estimate of drug-likeness (QED) is 0.753. The molecule has 0 aromatic carbocycles. The molecule has 1 aromatic rings. The number of carbonyl (C=O) groups excluding carboxylic acids is 1. The minimum absolute atomic E-state index is 0.258. The van der Waals surface area contributed by atoms with Crippen LogP contribution < -0.4 is 0 Å². The Balaban J connectivity index is 2.35. The van der Waals surface area contributed by atoms with Crippen LogP contribution in [0.2, 0.25) is 0 Å². The van der Waals surface area contributed by atoms with E-state index >= 15 is 0 Å². The summed E-state index contributed by atoms with van der Waals surface area (Å²) in [7, 11) is 0. The molecule has 0 aliphatic carbocycles. The molecule has 1 saturated heterocycles. The van der Waals surface area contributed by atoms with Crippen LogP contribution in [0.4, 0.5) is 0 Å². The molecule has 0 spiro atoms. The third-order valence-electron chi connectivity index (χ3n) is 4.37. The van der Waals surface area contributed by atoms with Gasteiger partial charge in [0.25, 0.3) is 0 Å². The van der Waals surface area contributed by atoms with Crippen molar-refractivity contribution in [1.82, 2.24) is 4.90 Å². The second-order valence-corrected chi connectivity index (χ2v) is 6.11. The van der Waals surface area contributed by atoms with Gasteiger partial charge in [-0.2, -0.15) is 0 Å². The van der Waals surface area contributed by atoms with Crippen molar-refractivity contribution in [3.63, 3.8) is 0 Å². The predicted molar refractivity (Wildman–Crippen MR) is 77.5 cm³/mol. The normalized spacial score (nSPS) is 17.3. The van der Waals surface area contributed by atoms with Crippen LogP contribution in [0.5, 0.6) is 0 Å². The third-order valence-corrected chi connectivity index (χ3v) is 5.39. The van der Waals surface area contributed by atoms with Gasteiger partial charge >= 0.3 is 0 Å². The molecule has 0 radical (unpaired) electrons. The average Bonchev–Trinajstić information content (AvgIpc) is 3.02. The van der Waals surface area contributed by atoms with E-state index in [9.17, 15) is 4.79 Å². The van der Waals surface area contributed by atoms with E-state index in [-0.39, 0.29) is 5.54 Å². The Labute approximate surface area is 114 Å². The monoisotopic (exact) mass is 265 g/mol. The Hall–Kier alpha value is -0.670. The molecule has 100 valence electrons. The number of hydrogen-bond donors (Lipinski definition) is 0. The fourth-order valence-electron chi connectivity index (χ4n) is 3.12. The Morgan fingerprint density at radius 3 is 2.39 bits per heavy atom. The molecule has 1 aliphatic heterocycles. The van der Waals surface area contributed by atoms with Crippen molar-refractivity contribution < 1.29 is 4.79 Å². The highest BCUT2D eigenvalue weighted by atomic mass is 32.1. The van der Waals surface area contributed by atoms with E-state index in [1.165, 1.54) is 12.8 Å². The molecule has 0 atom stereocenters. The van der Waals surface area contributed by atoms with E-state index < -0.39 is 0 Å². The third kappa shape index (κ3) is 2.14. The van der Waals surface area contributed by atoms with Crippen LogP contribution in [0, 0.1) is 6.92 Å². The molecule has 1 aliphatic rings. The molecule has 0 unspecified atom stereocenters. The van der Waals surface area contributed by atoms with Crippen molar-refractivity contribution in [3.8, 4) is 0 Å². The summed E-state index contributed by atoms with van der Waals surface area (Å²) >= 11 is 1.60. The standard InChI is InChI=1S/C15H23NOS/c1-4-15(5-2,16-9-6-7-10-16)14(17)13-12(3)8-11-18-13/h8,11H,4-7,9-10H2,1-3H3. The zero-order valence-corrected chi connectivity index (χ0v) is 12.5. The van der Waals surface area contributed by atoms with Crippen molar-refractivity contribution in [2.24, 2.45) is 0 Å². The van der Waals surface area contributed by atoms with Crippen LogP contribution in [-0.2, 0) is 0 Å². The van der Waals surface area contributed by atoms with E-state index in [0.29, 0.717) is 5.78 Å². The van der Waals surface area contributed by atoms with Crippen molar-refractivity contribution >= 4 is 17.1 Å². The van der Waals surface area contributed by atoms with E-state index in [2.05, 4.69) is 24.8 Å². The first kappa shape index (κ1) is 13.8. The maximum absolute atomic E-state index is 13.0. The van der Waals surface area contributed by atoms with Crippen molar-refractivity contribution in [1.29, 1.82) is 0 Å². The summed E-state index contributed by atoms with van der Waals surface area (Å²) in [6.45, 7) is 8.52. The topological polar surface area (TPSA) is 20.3 Å². The van der Waals surface area contributed by atoms with E-state index in [0.717, 1.165) is 36.4 Å². The summed E-state index contributed by atoms with van der Waals surface area (Å²) in [5.74, 6) is 0.349. The number of rotatable bonds is 5. The maximum atomic E-state index is 13.0. The van der Waals surface area contributed by atoms with Crippen LogP contribution >= 0.6 is 11.3 Å². The van der Waals surface area contributed by atoms with Gasteiger partial charge in [-0.25, -0.2) is 0 Å². The zero-order valence-electron chi connectivity index (χ0n) is 11.7. The Bertz CT molecular complexity index is 414. The van der Waals surface area contributed by atoms with Gasteiger partial charge in [-0.15, -0.1) is 11.3 Å². The number of likely N-dealkylation sites (tertiary alicyclic amines) is 1. The molecule has 3 heteroatoms. The van der Waals surface area contributed by atoms with Gasteiger partial charge in [-0.05, 0) is 62.7 Å². The Morgan fingerprint density at radius 1 is 1.33 bits per heavy atom. The number of nitrogens with zero attached hydrogens (tertiary/aromatic N) is 1. The van der Waals surface area contributed by atoms with Gasteiger partial charge in [-0.3, -0.25) is 9.69 Å². The lowest BCUT2D eigenvalue weighted by molar-refractivity contribution is 0.0585. The molecule has 1 aromatic heterocycles. The second-order valence-electron chi connectivity index (χ2n) is 5.19. The van der Waals surface area contributed by atoms with E-state index in [1.807, 2.05) is 12.3 Å². The average molecular weight is 265 g/mol. The fraction of sp³-hybridized carbons (Fsp3) is 0.667. The van der Waals surface area contributed by atoms with Crippen LogP contribution in [0.3, 0.4) is 0 Å². The molecule has 1 fully saturated rings. The number of thiophene rings is 1. The number of hydrogen-bond acceptors (Lipinski definition) is 3. The van der Waals surface area contributed by atoms with Gasteiger partial charge in [0.05, 0.1) is 10.4 Å². The fourth-order valence-corrected chi connectivity index (χ4v) is 4.08. The molecule has 0 N–H and O–H groups in total.